The summed E-state index contributed by atoms with van der Waals surface area (Å²) in [5, 5.41) is 16.0. The maximum absolute atomic E-state index is 12.0. The summed E-state index contributed by atoms with van der Waals surface area (Å²) >= 11 is 0. The van der Waals surface area contributed by atoms with Crippen molar-refractivity contribution in [1.82, 2.24) is 5.32 Å². The normalized spacial score (nSPS) is 20.0. The van der Waals surface area contributed by atoms with Crippen molar-refractivity contribution in [3.63, 3.8) is 0 Å². The molecular formula is C11H7N5O6. The van der Waals surface area contributed by atoms with E-state index in [9.17, 15) is 24.5 Å². The first-order valence-electron chi connectivity index (χ1n) is 5.76. The van der Waals surface area contributed by atoms with Crippen molar-refractivity contribution in [3.05, 3.63) is 50.4 Å². The van der Waals surface area contributed by atoms with Crippen molar-refractivity contribution in [2.75, 3.05) is 0 Å². The van der Waals surface area contributed by atoms with Gasteiger partial charge in [0.15, 0.2) is 0 Å². The quantitative estimate of drug-likeness (QED) is 0.126. The van der Waals surface area contributed by atoms with Gasteiger partial charge in [0.05, 0.1) is 10.5 Å². The third kappa shape index (κ3) is 2.55. The van der Waals surface area contributed by atoms with Gasteiger partial charge in [-0.05, 0) is 17.7 Å². The van der Waals surface area contributed by atoms with Crippen LogP contribution in [0.1, 0.15) is 16.8 Å². The molecule has 1 unspecified atom stereocenters. The molecule has 0 bridgehead atoms. The molecule has 1 atom stereocenters. The number of hydrogen-bond acceptors (Lipinski definition) is 7. The number of nitrogens with one attached hydrogen (secondary N) is 1. The molecule has 11 heteroatoms. The molecule has 0 aromatic heterocycles. The molecule has 1 aliphatic heterocycles. The Morgan fingerprint density at radius 2 is 2.23 bits per heavy atom. The minimum absolute atomic E-state index is 0.0825. The van der Waals surface area contributed by atoms with E-state index in [1.54, 1.807) is 5.32 Å². The van der Waals surface area contributed by atoms with E-state index in [1.807, 2.05) is 0 Å². The standard InChI is InChI=1S/C11H7N5O6/c12-15-14-7-3-1-2-6(4-7)9(18)22-11(16(20)21)5-8(17)13-10(11)19/h1-4H,5H2,(H,13,17,19). The van der Waals surface area contributed by atoms with Gasteiger partial charge >= 0.3 is 17.6 Å². The number of rotatable bonds is 4. The van der Waals surface area contributed by atoms with Crippen LogP contribution in [0.3, 0.4) is 0 Å². The average Bonchev–Trinajstić information content (AvgIpc) is 2.75. The third-order valence-corrected chi connectivity index (χ3v) is 2.81. The minimum atomic E-state index is -2.79. The monoisotopic (exact) mass is 305 g/mol. The molecule has 0 aliphatic carbocycles. The second-order valence-corrected chi connectivity index (χ2v) is 4.22. The molecule has 1 aromatic rings. The van der Waals surface area contributed by atoms with Crippen LogP contribution in [0, 0.1) is 10.1 Å². The summed E-state index contributed by atoms with van der Waals surface area (Å²) in [6, 6.07) is 5.14. The Labute approximate surface area is 121 Å². The highest BCUT2D eigenvalue weighted by Crippen LogP contribution is 2.25. The van der Waals surface area contributed by atoms with E-state index in [2.05, 4.69) is 14.8 Å². The van der Waals surface area contributed by atoms with Gasteiger partial charge in [0, 0.05) is 10.6 Å². The van der Waals surface area contributed by atoms with Crippen LogP contribution >= 0.6 is 0 Å². The maximum atomic E-state index is 12.0. The first kappa shape index (κ1) is 14.9. The summed E-state index contributed by atoms with van der Waals surface area (Å²) in [7, 11) is 0. The van der Waals surface area contributed by atoms with Crippen LogP contribution in [0.25, 0.3) is 10.4 Å². The van der Waals surface area contributed by atoms with E-state index in [-0.39, 0.29) is 11.3 Å². The lowest BCUT2D eigenvalue weighted by molar-refractivity contribution is -0.597. The van der Waals surface area contributed by atoms with Gasteiger partial charge in [0.2, 0.25) is 5.91 Å². The summed E-state index contributed by atoms with van der Waals surface area (Å²) in [5.74, 6) is -3.43. The van der Waals surface area contributed by atoms with Crippen LogP contribution in [-0.2, 0) is 14.3 Å². The first-order valence-corrected chi connectivity index (χ1v) is 5.76. The zero-order valence-corrected chi connectivity index (χ0v) is 10.8. The Morgan fingerprint density at radius 3 is 2.77 bits per heavy atom. The fourth-order valence-corrected chi connectivity index (χ4v) is 1.79. The maximum Gasteiger partial charge on any atom is 0.453 e. The number of amides is 2. The molecule has 0 spiro atoms. The van der Waals surface area contributed by atoms with Crippen molar-refractivity contribution in [2.24, 2.45) is 5.11 Å². The molecule has 0 saturated carbocycles. The summed E-state index contributed by atoms with van der Waals surface area (Å²) in [5.41, 5.74) is 5.44. The second kappa shape index (κ2) is 5.50. The van der Waals surface area contributed by atoms with Crippen LogP contribution in [0.4, 0.5) is 5.69 Å². The average molecular weight is 305 g/mol. The molecule has 22 heavy (non-hydrogen) atoms. The number of ether oxygens (including phenoxy) is 1. The number of azide groups is 1. The molecule has 11 nitrogen and oxygen atoms in total. The molecule has 2 rings (SSSR count). The number of nitro groups is 1. The SMILES string of the molecule is [N-]=[N+]=Nc1cccc(C(=O)OC2([N+](=O)[O-])CC(=O)NC2=O)c1. The first-order chi connectivity index (χ1) is 10.4. The van der Waals surface area contributed by atoms with Gasteiger partial charge in [-0.15, -0.1) is 0 Å². The Balaban J connectivity index is 2.32. The van der Waals surface area contributed by atoms with Crippen LogP contribution in [0.15, 0.2) is 29.4 Å². The number of carbonyl (C=O) groups is 3. The molecule has 1 aromatic carbocycles. The Bertz CT molecular complexity index is 740. The van der Waals surface area contributed by atoms with E-state index in [4.69, 9.17) is 5.53 Å². The van der Waals surface area contributed by atoms with Gasteiger partial charge < -0.3 is 4.74 Å². The molecular weight excluding hydrogens is 298 g/mol. The topological polar surface area (TPSA) is 164 Å². The highest BCUT2D eigenvalue weighted by atomic mass is 16.7. The van der Waals surface area contributed by atoms with E-state index in [0.29, 0.717) is 0 Å². The van der Waals surface area contributed by atoms with Crippen LogP contribution in [-0.4, -0.2) is 28.4 Å². The predicted octanol–water partition coefficient (Wildman–Crippen LogP) is 0.805. The molecule has 1 aliphatic rings. The number of nitrogens with zero attached hydrogens (tertiary/aromatic N) is 4. The largest absolute Gasteiger partial charge is 0.453 e. The van der Waals surface area contributed by atoms with Gasteiger partial charge in [-0.25, -0.2) is 4.79 Å². The fourth-order valence-electron chi connectivity index (χ4n) is 1.79. The molecule has 1 heterocycles. The predicted molar refractivity (Wildman–Crippen MR) is 68.2 cm³/mol. The number of hydrogen-bond donors (Lipinski definition) is 1. The van der Waals surface area contributed by atoms with Crippen LogP contribution in [0.5, 0.6) is 0 Å². The van der Waals surface area contributed by atoms with Crippen molar-refractivity contribution in [2.45, 2.75) is 12.1 Å². The second-order valence-electron chi connectivity index (χ2n) is 4.22. The van der Waals surface area contributed by atoms with E-state index < -0.39 is 34.9 Å². The molecule has 1 saturated heterocycles. The zero-order chi connectivity index (χ0) is 16.3. The summed E-state index contributed by atoms with van der Waals surface area (Å²) in [6.45, 7) is 0. The fraction of sp³-hybridized carbons (Fsp3) is 0.182. The molecule has 1 N–H and O–H groups in total. The van der Waals surface area contributed by atoms with Gasteiger partial charge in [-0.2, -0.15) is 0 Å². The molecule has 0 radical (unpaired) electrons. The Morgan fingerprint density at radius 1 is 1.50 bits per heavy atom. The molecule has 2 amide bonds. The van der Waals surface area contributed by atoms with Crippen molar-refractivity contribution < 1.29 is 24.0 Å². The van der Waals surface area contributed by atoms with Crippen LogP contribution in [0.2, 0.25) is 0 Å². The van der Waals surface area contributed by atoms with Gasteiger partial charge in [-0.1, -0.05) is 17.2 Å². The Hall–Kier alpha value is -3.46. The number of benzene rings is 1. The third-order valence-electron chi connectivity index (χ3n) is 2.81. The molecule has 1 fully saturated rings. The lowest BCUT2D eigenvalue weighted by Gasteiger charge is -2.16. The Kier molecular flexibility index (Phi) is 3.73. The lowest BCUT2D eigenvalue weighted by Crippen LogP contribution is -2.49. The van der Waals surface area contributed by atoms with E-state index >= 15 is 0 Å². The smallest absolute Gasteiger partial charge is 0.384 e. The number of imide groups is 1. The van der Waals surface area contributed by atoms with Gasteiger partial charge in [-0.3, -0.25) is 25.0 Å². The van der Waals surface area contributed by atoms with Crippen molar-refractivity contribution >= 4 is 23.5 Å². The van der Waals surface area contributed by atoms with Crippen molar-refractivity contribution in [3.8, 4) is 0 Å². The van der Waals surface area contributed by atoms with E-state index in [1.165, 1.54) is 18.2 Å². The highest BCUT2D eigenvalue weighted by molar-refractivity contribution is 6.08. The zero-order valence-electron chi connectivity index (χ0n) is 10.8. The van der Waals surface area contributed by atoms with Crippen molar-refractivity contribution in [1.29, 1.82) is 0 Å². The summed E-state index contributed by atoms with van der Waals surface area (Å²) in [4.78, 5) is 47.1. The number of esters is 1. The molecule has 112 valence electrons. The lowest BCUT2D eigenvalue weighted by atomic mass is 10.1. The number of carbonyl (C=O) groups excluding carboxylic acids is 3. The van der Waals surface area contributed by atoms with Gasteiger partial charge in [0.25, 0.3) is 0 Å². The summed E-state index contributed by atoms with van der Waals surface area (Å²) in [6.07, 6.45) is -0.902. The highest BCUT2D eigenvalue weighted by Gasteiger charge is 2.62. The van der Waals surface area contributed by atoms with Gasteiger partial charge in [0.1, 0.15) is 6.42 Å². The van der Waals surface area contributed by atoms with E-state index in [0.717, 1.165) is 6.07 Å². The van der Waals surface area contributed by atoms with Crippen LogP contribution < -0.4 is 5.32 Å². The summed E-state index contributed by atoms with van der Waals surface area (Å²) < 4.78 is 4.66. The minimum Gasteiger partial charge on any atom is -0.384 e.